The Balaban J connectivity index is 1.06. The molecule has 0 bridgehead atoms. The zero-order valence-corrected chi connectivity index (χ0v) is 27.7. The van der Waals surface area contributed by atoms with E-state index in [9.17, 15) is 18.4 Å². The van der Waals surface area contributed by atoms with Crippen molar-refractivity contribution in [2.45, 2.75) is 51.0 Å². The summed E-state index contributed by atoms with van der Waals surface area (Å²) in [5.41, 5.74) is 0.663. The Morgan fingerprint density at radius 3 is 2.62 bits per heavy atom. The molecule has 0 aromatic carbocycles. The number of rotatable bonds is 12. The molecule has 1 saturated carbocycles. The number of hydrogen-bond acceptors (Lipinski definition) is 10. The molecule has 0 radical (unpaired) electrons. The van der Waals surface area contributed by atoms with E-state index in [4.69, 9.17) is 4.74 Å². The lowest BCUT2D eigenvalue weighted by molar-refractivity contribution is 0.0866. The van der Waals surface area contributed by atoms with Crippen LogP contribution in [0, 0.1) is 11.8 Å². The van der Waals surface area contributed by atoms with Crippen LogP contribution in [0.4, 0.5) is 14.5 Å². The number of carbonyl (C=O) groups excluding carboxylic acids is 2. The molecule has 1 aliphatic carbocycles. The fourth-order valence-corrected chi connectivity index (χ4v) is 6.64. The van der Waals surface area contributed by atoms with E-state index in [-0.39, 0.29) is 41.1 Å². The number of carbonyl (C=O) groups is 2. The quantitative estimate of drug-likeness (QED) is 0.153. The summed E-state index contributed by atoms with van der Waals surface area (Å²) in [7, 11) is 2.12. The highest BCUT2D eigenvalue weighted by Gasteiger charge is 2.25. The number of nitrogens with one attached hydrogen (secondary N) is 1. The second-order valence-corrected chi connectivity index (χ2v) is 13.1. The van der Waals surface area contributed by atoms with Crippen LogP contribution in [0.5, 0.6) is 0 Å². The molecule has 1 aliphatic heterocycles. The van der Waals surface area contributed by atoms with Crippen molar-refractivity contribution in [3.8, 4) is 22.0 Å². The molecule has 15 heteroatoms. The van der Waals surface area contributed by atoms with Crippen LogP contribution in [0.15, 0.2) is 48.4 Å². The molecule has 2 aliphatic rings. The van der Waals surface area contributed by atoms with E-state index in [0.717, 1.165) is 77.0 Å². The van der Waals surface area contributed by atoms with Gasteiger partial charge in [-0.25, -0.2) is 19.0 Å². The summed E-state index contributed by atoms with van der Waals surface area (Å²) in [5, 5.41) is 13.6. The van der Waals surface area contributed by atoms with Gasteiger partial charge in [0.1, 0.15) is 28.7 Å². The lowest BCUT2D eigenvalue weighted by Crippen LogP contribution is -2.45. The number of anilines is 1. The van der Waals surface area contributed by atoms with Crippen LogP contribution < -0.4 is 5.32 Å². The SMILES string of the molecule is C=C(CCC(=O)n1cc(-c2nc(C(=O)Nc3cn(C4CCCCC4)nc3-c3nc(F)ccc3F)cs2)cn1)OCCN1CCN(C)CC1. The summed E-state index contributed by atoms with van der Waals surface area (Å²) < 4.78 is 37.5. The Bertz CT molecular complexity index is 1760. The molecule has 0 unspecified atom stereocenters. The third-order valence-electron chi connectivity index (χ3n) is 8.71. The van der Waals surface area contributed by atoms with Crippen LogP contribution in [0.25, 0.3) is 22.0 Å². The van der Waals surface area contributed by atoms with E-state index >= 15 is 0 Å². The van der Waals surface area contributed by atoms with Gasteiger partial charge in [-0.2, -0.15) is 14.6 Å². The number of halogens is 2. The summed E-state index contributed by atoms with van der Waals surface area (Å²) in [6.45, 7) is 9.43. The van der Waals surface area contributed by atoms with Gasteiger partial charge in [0, 0.05) is 68.9 Å². The van der Waals surface area contributed by atoms with E-state index in [0.29, 0.717) is 29.4 Å². The van der Waals surface area contributed by atoms with Crippen molar-refractivity contribution in [3.05, 3.63) is 65.9 Å². The summed E-state index contributed by atoms with van der Waals surface area (Å²) in [4.78, 5) is 39.0. The molecule has 6 rings (SSSR count). The molecule has 4 aromatic heterocycles. The first kappa shape index (κ1) is 33.6. The number of pyridine rings is 1. The van der Waals surface area contributed by atoms with Gasteiger partial charge < -0.3 is 15.0 Å². The average Bonchev–Trinajstić information content (AvgIpc) is 3.87. The first-order chi connectivity index (χ1) is 23.2. The molecule has 0 atom stereocenters. The van der Waals surface area contributed by atoms with Gasteiger partial charge in [-0.1, -0.05) is 25.8 Å². The number of ether oxygens (including phenoxy) is 1. The van der Waals surface area contributed by atoms with Crippen molar-refractivity contribution in [1.82, 2.24) is 39.3 Å². The van der Waals surface area contributed by atoms with Crippen molar-refractivity contribution < 1.29 is 23.1 Å². The van der Waals surface area contributed by atoms with E-state index in [2.05, 4.69) is 48.9 Å². The van der Waals surface area contributed by atoms with Gasteiger partial charge in [0.2, 0.25) is 11.9 Å². The van der Waals surface area contributed by atoms with Crippen LogP contribution in [-0.2, 0) is 4.74 Å². The summed E-state index contributed by atoms with van der Waals surface area (Å²) in [5.74, 6) is -1.81. The number of thiazole rings is 1. The van der Waals surface area contributed by atoms with Crippen molar-refractivity contribution in [2.24, 2.45) is 0 Å². The average molecular weight is 680 g/mol. The molecule has 1 amide bonds. The Hall–Kier alpha value is -4.34. The molecule has 1 saturated heterocycles. The Morgan fingerprint density at radius 1 is 1.04 bits per heavy atom. The third-order valence-corrected chi connectivity index (χ3v) is 9.61. The minimum absolute atomic E-state index is 0.0456. The fraction of sp³-hybridized carbons (Fsp3) is 0.455. The largest absolute Gasteiger partial charge is 0.497 e. The van der Waals surface area contributed by atoms with Gasteiger partial charge in [0.05, 0.1) is 23.7 Å². The predicted molar refractivity (Wildman–Crippen MR) is 178 cm³/mol. The zero-order valence-electron chi connectivity index (χ0n) is 26.9. The molecule has 1 N–H and O–H groups in total. The maximum atomic E-state index is 14.8. The van der Waals surface area contributed by atoms with Crippen molar-refractivity contribution >= 4 is 28.8 Å². The van der Waals surface area contributed by atoms with Crippen molar-refractivity contribution in [1.29, 1.82) is 0 Å². The molecule has 48 heavy (non-hydrogen) atoms. The zero-order chi connectivity index (χ0) is 33.6. The number of amides is 1. The van der Waals surface area contributed by atoms with Crippen LogP contribution >= 0.6 is 11.3 Å². The van der Waals surface area contributed by atoms with E-state index in [1.165, 1.54) is 22.2 Å². The van der Waals surface area contributed by atoms with Crippen LogP contribution in [0.1, 0.15) is 66.3 Å². The molecule has 2 fully saturated rings. The Kier molecular flexibility index (Phi) is 10.7. The Morgan fingerprint density at radius 2 is 1.83 bits per heavy atom. The number of aromatic nitrogens is 6. The summed E-state index contributed by atoms with van der Waals surface area (Å²) in [6.07, 6.45) is 10.3. The van der Waals surface area contributed by atoms with Crippen LogP contribution in [0.2, 0.25) is 0 Å². The first-order valence-electron chi connectivity index (χ1n) is 16.2. The van der Waals surface area contributed by atoms with Crippen LogP contribution in [-0.4, -0.2) is 97.5 Å². The normalized spacial score (nSPS) is 16.2. The summed E-state index contributed by atoms with van der Waals surface area (Å²) >= 11 is 1.22. The lowest BCUT2D eigenvalue weighted by Gasteiger charge is -2.32. The lowest BCUT2D eigenvalue weighted by atomic mass is 9.96. The van der Waals surface area contributed by atoms with Gasteiger partial charge >= 0.3 is 0 Å². The van der Waals surface area contributed by atoms with Gasteiger partial charge in [0.15, 0.2) is 5.82 Å². The standard InChI is InChI=1S/C33H39F2N9O3S/c1-22(47-17-16-42-14-12-41(2)13-15-42)8-11-29(45)44-19-23(18-36-44)33-38-27(21-48-33)32(46)37-26-20-43(24-6-4-3-5-7-24)40-31(26)30-25(34)9-10-28(35)39-30/h9-10,18-21,24H,1,3-8,11-17H2,2H3,(H,37,46). The van der Waals surface area contributed by atoms with Gasteiger partial charge in [-0.3, -0.25) is 19.2 Å². The minimum atomic E-state index is -0.853. The highest BCUT2D eigenvalue weighted by atomic mass is 32.1. The molecule has 5 heterocycles. The number of hydrogen-bond donors (Lipinski definition) is 1. The first-order valence-corrected chi connectivity index (χ1v) is 17.1. The number of nitrogens with zero attached hydrogens (tertiary/aromatic N) is 8. The molecular weight excluding hydrogens is 640 g/mol. The number of likely N-dealkylation sites (N-methyl/N-ethyl adjacent to an activating group) is 1. The molecule has 12 nitrogen and oxygen atoms in total. The summed E-state index contributed by atoms with van der Waals surface area (Å²) in [6, 6.07) is 2.01. The highest BCUT2D eigenvalue weighted by Crippen LogP contribution is 2.34. The monoisotopic (exact) mass is 679 g/mol. The molecular formula is C33H39F2N9O3S. The predicted octanol–water partition coefficient (Wildman–Crippen LogP) is 5.50. The van der Waals surface area contributed by atoms with E-state index < -0.39 is 17.7 Å². The Labute approximate surface area is 281 Å². The molecule has 4 aromatic rings. The van der Waals surface area contributed by atoms with Crippen LogP contribution in [0.3, 0.4) is 0 Å². The van der Waals surface area contributed by atoms with E-state index in [1.54, 1.807) is 22.5 Å². The maximum absolute atomic E-state index is 14.8. The third kappa shape index (κ3) is 8.20. The van der Waals surface area contributed by atoms with E-state index in [1.807, 2.05) is 0 Å². The smallest absolute Gasteiger partial charge is 0.275 e. The minimum Gasteiger partial charge on any atom is -0.497 e. The second kappa shape index (κ2) is 15.3. The number of piperazine rings is 1. The fourth-order valence-electron chi connectivity index (χ4n) is 5.87. The highest BCUT2D eigenvalue weighted by molar-refractivity contribution is 7.13. The second-order valence-electron chi connectivity index (χ2n) is 12.2. The maximum Gasteiger partial charge on any atom is 0.275 e. The molecule has 254 valence electrons. The molecule has 0 spiro atoms. The van der Waals surface area contributed by atoms with Gasteiger partial charge in [0.25, 0.3) is 5.91 Å². The van der Waals surface area contributed by atoms with Crippen molar-refractivity contribution in [3.63, 3.8) is 0 Å². The van der Waals surface area contributed by atoms with Crippen molar-refractivity contribution in [2.75, 3.05) is 51.7 Å². The topological polar surface area (TPSA) is 123 Å². The van der Waals surface area contributed by atoms with Gasteiger partial charge in [-0.05, 0) is 32.0 Å². The number of allylic oxidation sites excluding steroid dienone is 1. The van der Waals surface area contributed by atoms with Gasteiger partial charge in [-0.15, -0.1) is 11.3 Å².